The minimum atomic E-state index is -1.05. The maximum atomic E-state index is 11.1. The summed E-state index contributed by atoms with van der Waals surface area (Å²) in [4.78, 5) is 26.5. The molecule has 0 aliphatic rings. The van der Waals surface area contributed by atoms with Gasteiger partial charge in [-0.2, -0.15) is 0 Å². The number of carboxylic acid groups (broad SMARTS) is 1. The van der Waals surface area contributed by atoms with Gasteiger partial charge in [-0.05, 0) is 12.1 Å². The second-order valence-electron chi connectivity index (χ2n) is 2.71. The van der Waals surface area contributed by atoms with Crippen molar-refractivity contribution in [3.05, 3.63) is 24.5 Å². The predicted octanol–water partition coefficient (Wildman–Crippen LogP) is 0.519. The minimum absolute atomic E-state index is 0.319. The fourth-order valence-electron chi connectivity index (χ4n) is 1.03. The standard InChI is InChI=1S/C9H10N2O3/c1-7(12)11(6-9(13)14)8-3-2-4-10-5-8/h2-5H,6H2,1H3,(H,13,14). The molecule has 0 aliphatic carbocycles. The van der Waals surface area contributed by atoms with Crippen molar-refractivity contribution in [3.8, 4) is 0 Å². The fraction of sp³-hybridized carbons (Fsp3) is 0.222. The van der Waals surface area contributed by atoms with Gasteiger partial charge in [0.25, 0.3) is 0 Å². The summed E-state index contributed by atoms with van der Waals surface area (Å²) in [5.74, 6) is -1.37. The van der Waals surface area contributed by atoms with E-state index in [1.165, 1.54) is 13.1 Å². The van der Waals surface area contributed by atoms with E-state index in [1.807, 2.05) is 0 Å². The van der Waals surface area contributed by atoms with E-state index in [2.05, 4.69) is 4.98 Å². The molecule has 5 heteroatoms. The summed E-state index contributed by atoms with van der Waals surface area (Å²) in [7, 11) is 0. The molecule has 0 unspecified atom stereocenters. The lowest BCUT2D eigenvalue weighted by Crippen LogP contribution is -2.33. The van der Waals surface area contributed by atoms with Crippen LogP contribution in [0.1, 0.15) is 6.92 Å². The molecule has 0 atom stereocenters. The molecule has 0 radical (unpaired) electrons. The normalized spacial score (nSPS) is 9.50. The average molecular weight is 194 g/mol. The third-order valence-corrected chi connectivity index (χ3v) is 1.63. The number of carboxylic acids is 1. The van der Waals surface area contributed by atoms with E-state index in [1.54, 1.807) is 18.3 Å². The summed E-state index contributed by atoms with van der Waals surface area (Å²) >= 11 is 0. The number of anilines is 1. The first-order chi connectivity index (χ1) is 6.61. The van der Waals surface area contributed by atoms with Crippen LogP contribution in [-0.2, 0) is 9.59 Å². The third-order valence-electron chi connectivity index (χ3n) is 1.63. The first-order valence-electron chi connectivity index (χ1n) is 4.01. The number of amides is 1. The topological polar surface area (TPSA) is 70.5 Å². The van der Waals surface area contributed by atoms with Crippen molar-refractivity contribution in [1.29, 1.82) is 0 Å². The molecular weight excluding hydrogens is 184 g/mol. The number of rotatable bonds is 3. The Balaban J connectivity index is 2.89. The number of carbonyl (C=O) groups is 2. The number of nitrogens with zero attached hydrogens (tertiary/aromatic N) is 2. The Morgan fingerprint density at radius 3 is 2.71 bits per heavy atom. The van der Waals surface area contributed by atoms with E-state index >= 15 is 0 Å². The van der Waals surface area contributed by atoms with Crippen LogP contribution in [0.15, 0.2) is 24.5 Å². The summed E-state index contributed by atoms with van der Waals surface area (Å²) in [5.41, 5.74) is 0.488. The lowest BCUT2D eigenvalue weighted by atomic mass is 10.3. The van der Waals surface area contributed by atoms with Gasteiger partial charge < -0.3 is 5.11 Å². The van der Waals surface area contributed by atoms with Gasteiger partial charge in [0, 0.05) is 13.1 Å². The van der Waals surface area contributed by atoms with E-state index < -0.39 is 5.97 Å². The monoisotopic (exact) mass is 194 g/mol. The van der Waals surface area contributed by atoms with Gasteiger partial charge in [0.2, 0.25) is 5.91 Å². The second kappa shape index (κ2) is 4.36. The lowest BCUT2D eigenvalue weighted by Gasteiger charge is -2.17. The van der Waals surface area contributed by atoms with Crippen molar-refractivity contribution in [3.63, 3.8) is 0 Å². The lowest BCUT2D eigenvalue weighted by molar-refractivity contribution is -0.136. The SMILES string of the molecule is CC(=O)N(CC(=O)O)c1cccnc1. The molecule has 74 valence electrons. The highest BCUT2D eigenvalue weighted by atomic mass is 16.4. The van der Waals surface area contributed by atoms with Gasteiger partial charge in [0.1, 0.15) is 6.54 Å². The van der Waals surface area contributed by atoms with Crippen LogP contribution in [0.25, 0.3) is 0 Å². The molecule has 1 aromatic rings. The highest BCUT2D eigenvalue weighted by molar-refractivity contribution is 5.95. The summed E-state index contributed by atoms with van der Waals surface area (Å²) in [6, 6.07) is 3.28. The number of aliphatic carboxylic acids is 1. The van der Waals surface area contributed by atoms with E-state index in [9.17, 15) is 9.59 Å². The molecule has 0 saturated carbocycles. The van der Waals surface area contributed by atoms with Crippen molar-refractivity contribution in [2.24, 2.45) is 0 Å². The van der Waals surface area contributed by atoms with Crippen LogP contribution >= 0.6 is 0 Å². The zero-order chi connectivity index (χ0) is 10.6. The first-order valence-corrected chi connectivity index (χ1v) is 4.01. The summed E-state index contributed by atoms with van der Waals surface area (Å²) in [5, 5.41) is 8.58. The molecule has 0 aliphatic heterocycles. The molecule has 1 amide bonds. The van der Waals surface area contributed by atoms with E-state index in [0.29, 0.717) is 5.69 Å². The Labute approximate surface area is 81.0 Å². The van der Waals surface area contributed by atoms with Crippen LogP contribution in [0.5, 0.6) is 0 Å². The molecule has 1 rings (SSSR count). The van der Waals surface area contributed by atoms with E-state index in [-0.39, 0.29) is 12.5 Å². The summed E-state index contributed by atoms with van der Waals surface area (Å²) in [6.07, 6.45) is 3.01. The molecule has 14 heavy (non-hydrogen) atoms. The Morgan fingerprint density at radius 1 is 1.57 bits per heavy atom. The molecule has 0 saturated heterocycles. The van der Waals surface area contributed by atoms with Crippen LogP contribution in [0, 0.1) is 0 Å². The number of hydrogen-bond acceptors (Lipinski definition) is 3. The predicted molar refractivity (Wildman–Crippen MR) is 49.9 cm³/mol. The third kappa shape index (κ3) is 2.55. The fourth-order valence-corrected chi connectivity index (χ4v) is 1.03. The molecule has 1 aromatic heterocycles. The number of hydrogen-bond donors (Lipinski definition) is 1. The molecule has 0 bridgehead atoms. The molecule has 1 N–H and O–H groups in total. The van der Waals surface area contributed by atoms with Crippen LogP contribution in [0.4, 0.5) is 5.69 Å². The van der Waals surface area contributed by atoms with Crippen molar-refractivity contribution >= 4 is 17.6 Å². The molecule has 0 fully saturated rings. The van der Waals surface area contributed by atoms with Crippen molar-refractivity contribution < 1.29 is 14.7 Å². The van der Waals surface area contributed by atoms with Crippen LogP contribution in [0.2, 0.25) is 0 Å². The largest absolute Gasteiger partial charge is 0.480 e. The quantitative estimate of drug-likeness (QED) is 0.761. The smallest absolute Gasteiger partial charge is 0.323 e. The van der Waals surface area contributed by atoms with Gasteiger partial charge in [-0.3, -0.25) is 19.5 Å². The van der Waals surface area contributed by atoms with Gasteiger partial charge in [-0.1, -0.05) is 0 Å². The summed E-state index contributed by atoms with van der Waals surface area (Å²) in [6.45, 7) is 0.969. The molecular formula is C9H10N2O3. The zero-order valence-electron chi connectivity index (χ0n) is 7.67. The maximum Gasteiger partial charge on any atom is 0.323 e. The van der Waals surface area contributed by atoms with E-state index in [4.69, 9.17) is 5.11 Å². The molecule has 0 spiro atoms. The van der Waals surface area contributed by atoms with E-state index in [0.717, 1.165) is 4.90 Å². The molecule has 0 aromatic carbocycles. The zero-order valence-corrected chi connectivity index (χ0v) is 7.67. The van der Waals surface area contributed by atoms with Crippen molar-refractivity contribution in [1.82, 2.24) is 4.98 Å². The minimum Gasteiger partial charge on any atom is -0.480 e. The van der Waals surface area contributed by atoms with Gasteiger partial charge in [-0.15, -0.1) is 0 Å². The number of pyridine rings is 1. The van der Waals surface area contributed by atoms with Crippen LogP contribution in [0.3, 0.4) is 0 Å². The van der Waals surface area contributed by atoms with Crippen LogP contribution < -0.4 is 4.90 Å². The van der Waals surface area contributed by atoms with Crippen molar-refractivity contribution in [2.75, 3.05) is 11.4 Å². The number of aromatic nitrogens is 1. The van der Waals surface area contributed by atoms with Crippen LogP contribution in [-0.4, -0.2) is 28.5 Å². The van der Waals surface area contributed by atoms with Gasteiger partial charge in [0.05, 0.1) is 11.9 Å². The second-order valence-corrected chi connectivity index (χ2v) is 2.71. The Morgan fingerprint density at radius 2 is 2.29 bits per heavy atom. The molecule has 5 nitrogen and oxygen atoms in total. The van der Waals surface area contributed by atoms with Gasteiger partial charge >= 0.3 is 5.97 Å². The summed E-state index contributed by atoms with van der Waals surface area (Å²) < 4.78 is 0. The first kappa shape index (κ1) is 10.2. The highest BCUT2D eigenvalue weighted by Gasteiger charge is 2.14. The Bertz CT molecular complexity index is 337. The highest BCUT2D eigenvalue weighted by Crippen LogP contribution is 2.10. The Hall–Kier alpha value is -1.91. The van der Waals surface area contributed by atoms with Crippen molar-refractivity contribution in [2.45, 2.75) is 6.92 Å². The maximum absolute atomic E-state index is 11.1. The van der Waals surface area contributed by atoms with Gasteiger partial charge in [-0.25, -0.2) is 0 Å². The van der Waals surface area contributed by atoms with Gasteiger partial charge in [0.15, 0.2) is 0 Å². The Kier molecular flexibility index (Phi) is 3.17. The molecule has 1 heterocycles. The number of carbonyl (C=O) groups excluding carboxylic acids is 1. The average Bonchev–Trinajstić information content (AvgIpc) is 2.15.